The van der Waals surface area contributed by atoms with Gasteiger partial charge in [0.25, 0.3) is 0 Å². The molecular formula is C33H46N4O. The highest BCUT2D eigenvalue weighted by atomic mass is 16.2. The summed E-state index contributed by atoms with van der Waals surface area (Å²) in [5, 5.41) is 1.34. The molecule has 204 valence electrons. The molecule has 1 aromatic carbocycles. The number of aryl methyl sites for hydroxylation is 2. The fourth-order valence-corrected chi connectivity index (χ4v) is 6.84. The van der Waals surface area contributed by atoms with E-state index in [9.17, 15) is 4.79 Å². The van der Waals surface area contributed by atoms with Crippen LogP contribution in [0.5, 0.6) is 0 Å². The van der Waals surface area contributed by atoms with Crippen LogP contribution in [0.1, 0.15) is 94.7 Å². The number of piperidine rings is 2. The van der Waals surface area contributed by atoms with Gasteiger partial charge in [0.15, 0.2) is 0 Å². The number of H-pyrrole nitrogens is 1. The molecule has 0 saturated carbocycles. The van der Waals surface area contributed by atoms with Gasteiger partial charge in [-0.3, -0.25) is 9.78 Å². The molecule has 0 spiro atoms. The molecule has 2 fully saturated rings. The summed E-state index contributed by atoms with van der Waals surface area (Å²) in [5.41, 5.74) is 8.34. The molecule has 5 nitrogen and oxygen atoms in total. The Morgan fingerprint density at radius 1 is 0.974 bits per heavy atom. The molecular weight excluding hydrogens is 468 g/mol. The van der Waals surface area contributed by atoms with E-state index in [0.29, 0.717) is 23.8 Å². The van der Waals surface area contributed by atoms with Gasteiger partial charge in [-0.05, 0) is 114 Å². The van der Waals surface area contributed by atoms with Gasteiger partial charge in [0.05, 0.1) is 5.69 Å². The molecule has 2 saturated heterocycles. The Morgan fingerprint density at radius 2 is 1.61 bits per heavy atom. The van der Waals surface area contributed by atoms with Crippen LogP contribution in [0.25, 0.3) is 22.2 Å². The van der Waals surface area contributed by atoms with E-state index in [1.165, 1.54) is 33.3 Å². The maximum absolute atomic E-state index is 13.6. The van der Waals surface area contributed by atoms with Crippen LogP contribution in [-0.2, 0) is 4.79 Å². The van der Waals surface area contributed by atoms with Crippen molar-refractivity contribution in [3.05, 3.63) is 52.8 Å². The summed E-state index contributed by atoms with van der Waals surface area (Å²) < 4.78 is 0. The molecule has 5 heteroatoms. The number of carbonyl (C=O) groups is 1. The summed E-state index contributed by atoms with van der Waals surface area (Å²) in [4.78, 5) is 26.6. The number of carbonyl (C=O) groups excluding carboxylic acids is 1. The monoisotopic (exact) mass is 514 g/mol. The summed E-state index contributed by atoms with van der Waals surface area (Å²) in [5.74, 6) is 1.29. The summed E-state index contributed by atoms with van der Waals surface area (Å²) in [7, 11) is 0. The third-order valence-corrected chi connectivity index (χ3v) is 9.21. The van der Waals surface area contributed by atoms with Crippen molar-refractivity contribution in [3.63, 3.8) is 0 Å². The Balaban J connectivity index is 1.33. The van der Waals surface area contributed by atoms with Crippen LogP contribution in [0.4, 0.5) is 0 Å². The minimum absolute atomic E-state index is 0.200. The average molecular weight is 515 g/mol. The number of nitrogens with zero attached hydrogens (tertiary/aromatic N) is 3. The smallest absolute Gasteiger partial charge is 0.228 e. The number of rotatable bonds is 5. The summed E-state index contributed by atoms with van der Waals surface area (Å²) in [6.07, 6.45) is 4.04. The van der Waals surface area contributed by atoms with E-state index in [2.05, 4.69) is 98.6 Å². The Labute approximate surface area is 229 Å². The standard InChI is InChI=1S/C33H46N4O/c1-21(2)30-28-20-26(8-9-29(28)35-31(30)27-18-23(5)34-24(6)19-27)25-10-14-37(15-11-25)32(38)33(7)12-16-36(17-13-33)22(3)4/h8-9,18-22,25,35H,10-17H2,1-7H3. The first-order chi connectivity index (χ1) is 18.1. The number of hydrogen-bond donors (Lipinski definition) is 1. The highest BCUT2D eigenvalue weighted by Gasteiger charge is 2.40. The Morgan fingerprint density at radius 3 is 2.18 bits per heavy atom. The van der Waals surface area contributed by atoms with Gasteiger partial charge in [-0.15, -0.1) is 0 Å². The van der Waals surface area contributed by atoms with Crippen molar-refractivity contribution in [2.75, 3.05) is 26.2 Å². The van der Waals surface area contributed by atoms with Crippen LogP contribution in [0.15, 0.2) is 30.3 Å². The fraction of sp³-hybridized carbons (Fsp3) is 0.576. The van der Waals surface area contributed by atoms with Gasteiger partial charge in [-0.1, -0.05) is 26.8 Å². The molecule has 2 aliphatic rings. The molecule has 0 bridgehead atoms. The van der Waals surface area contributed by atoms with Gasteiger partial charge in [0, 0.05) is 52.4 Å². The van der Waals surface area contributed by atoms with Crippen LogP contribution in [0.2, 0.25) is 0 Å². The molecule has 38 heavy (non-hydrogen) atoms. The van der Waals surface area contributed by atoms with Crippen LogP contribution >= 0.6 is 0 Å². The molecule has 0 radical (unpaired) electrons. The number of benzene rings is 1. The lowest BCUT2D eigenvalue weighted by atomic mass is 9.78. The lowest BCUT2D eigenvalue weighted by molar-refractivity contribution is -0.145. The lowest BCUT2D eigenvalue weighted by Crippen LogP contribution is -2.51. The molecule has 2 aliphatic heterocycles. The predicted molar refractivity (Wildman–Crippen MR) is 158 cm³/mol. The number of aromatic amines is 1. The van der Waals surface area contributed by atoms with Crippen LogP contribution < -0.4 is 0 Å². The second kappa shape index (κ2) is 10.5. The number of aromatic nitrogens is 2. The summed E-state index contributed by atoms with van der Waals surface area (Å²) in [6.45, 7) is 19.2. The van der Waals surface area contributed by atoms with Gasteiger partial charge >= 0.3 is 0 Å². The van der Waals surface area contributed by atoms with Gasteiger partial charge < -0.3 is 14.8 Å². The van der Waals surface area contributed by atoms with Crippen LogP contribution in [0, 0.1) is 19.3 Å². The SMILES string of the molecule is Cc1cc(-c2[nH]c3ccc(C4CCN(C(=O)C5(C)CCN(C(C)C)CC5)CC4)cc3c2C(C)C)cc(C)n1. The Kier molecular flexibility index (Phi) is 7.43. The van der Waals surface area contributed by atoms with Gasteiger partial charge in [0.1, 0.15) is 0 Å². The fourth-order valence-electron chi connectivity index (χ4n) is 6.84. The Bertz CT molecular complexity index is 1280. The number of fused-ring (bicyclic) bond motifs is 1. The van der Waals surface area contributed by atoms with Crippen molar-refractivity contribution >= 4 is 16.8 Å². The largest absolute Gasteiger partial charge is 0.354 e. The van der Waals surface area contributed by atoms with E-state index in [0.717, 1.165) is 63.3 Å². The average Bonchev–Trinajstić information content (AvgIpc) is 3.27. The molecule has 3 aromatic rings. The van der Waals surface area contributed by atoms with Crippen molar-refractivity contribution in [2.24, 2.45) is 5.41 Å². The predicted octanol–water partition coefficient (Wildman–Crippen LogP) is 7.19. The zero-order chi connectivity index (χ0) is 27.2. The van der Waals surface area contributed by atoms with Gasteiger partial charge in [0.2, 0.25) is 5.91 Å². The normalized spacial score (nSPS) is 19.1. The number of likely N-dealkylation sites (tertiary alicyclic amines) is 2. The van der Waals surface area contributed by atoms with E-state index in [4.69, 9.17) is 0 Å². The Hall–Kier alpha value is -2.66. The summed E-state index contributed by atoms with van der Waals surface area (Å²) in [6, 6.07) is 11.9. The highest BCUT2D eigenvalue weighted by molar-refractivity contribution is 5.92. The first kappa shape index (κ1) is 26.9. The zero-order valence-electron chi connectivity index (χ0n) is 24.5. The quantitative estimate of drug-likeness (QED) is 0.392. The second-order valence-electron chi connectivity index (χ2n) is 12.8. The molecule has 1 N–H and O–H groups in total. The number of amides is 1. The van der Waals surface area contributed by atoms with Crippen molar-refractivity contribution in [3.8, 4) is 11.3 Å². The van der Waals surface area contributed by atoms with Crippen molar-refractivity contribution in [1.82, 2.24) is 19.8 Å². The first-order valence-electron chi connectivity index (χ1n) is 14.7. The van der Waals surface area contributed by atoms with E-state index in [-0.39, 0.29) is 5.41 Å². The highest BCUT2D eigenvalue weighted by Crippen LogP contribution is 2.40. The van der Waals surface area contributed by atoms with Crippen LogP contribution in [-0.4, -0.2) is 57.9 Å². The maximum atomic E-state index is 13.6. The minimum atomic E-state index is -0.200. The topological polar surface area (TPSA) is 52.2 Å². The van der Waals surface area contributed by atoms with Gasteiger partial charge in [-0.2, -0.15) is 0 Å². The van der Waals surface area contributed by atoms with Crippen molar-refractivity contribution in [1.29, 1.82) is 0 Å². The third-order valence-electron chi connectivity index (χ3n) is 9.21. The van der Waals surface area contributed by atoms with Crippen molar-refractivity contribution in [2.45, 2.75) is 92.0 Å². The van der Waals surface area contributed by atoms with E-state index in [1.807, 2.05) is 0 Å². The zero-order valence-corrected chi connectivity index (χ0v) is 24.5. The lowest BCUT2D eigenvalue weighted by Gasteiger charge is -2.44. The molecule has 0 aliphatic carbocycles. The first-order valence-corrected chi connectivity index (χ1v) is 14.7. The van der Waals surface area contributed by atoms with E-state index < -0.39 is 0 Å². The van der Waals surface area contributed by atoms with Gasteiger partial charge in [-0.25, -0.2) is 0 Å². The van der Waals surface area contributed by atoms with E-state index in [1.54, 1.807) is 0 Å². The summed E-state index contributed by atoms with van der Waals surface area (Å²) >= 11 is 0. The van der Waals surface area contributed by atoms with Crippen molar-refractivity contribution < 1.29 is 4.79 Å². The third kappa shape index (κ3) is 5.14. The number of nitrogens with one attached hydrogen (secondary N) is 1. The molecule has 4 heterocycles. The molecule has 2 aromatic heterocycles. The molecule has 0 unspecified atom stereocenters. The van der Waals surface area contributed by atoms with Crippen LogP contribution in [0.3, 0.4) is 0 Å². The molecule has 1 amide bonds. The number of hydrogen-bond acceptors (Lipinski definition) is 3. The molecule has 0 atom stereocenters. The van der Waals surface area contributed by atoms with E-state index >= 15 is 0 Å². The number of pyridine rings is 1. The second-order valence-corrected chi connectivity index (χ2v) is 12.8. The minimum Gasteiger partial charge on any atom is -0.354 e. The maximum Gasteiger partial charge on any atom is 0.228 e. The molecule has 5 rings (SSSR count).